The fourth-order valence-electron chi connectivity index (χ4n) is 3.55. The summed E-state index contributed by atoms with van der Waals surface area (Å²) >= 11 is 6.31. The van der Waals surface area contributed by atoms with Crippen molar-refractivity contribution < 1.29 is 13.6 Å². The molecule has 0 aliphatic rings. The highest BCUT2D eigenvalue weighted by Gasteiger charge is 2.16. The van der Waals surface area contributed by atoms with Gasteiger partial charge in [-0.3, -0.25) is 9.48 Å². The summed E-state index contributed by atoms with van der Waals surface area (Å²) in [6, 6.07) is 15.0. The van der Waals surface area contributed by atoms with Gasteiger partial charge >= 0.3 is 0 Å². The molecular formula is C25H24ClN3O3. The lowest BCUT2D eigenvalue weighted by Crippen LogP contribution is -2.28. The molecule has 0 aliphatic heterocycles. The van der Waals surface area contributed by atoms with E-state index < -0.39 is 0 Å². The van der Waals surface area contributed by atoms with E-state index in [1.165, 1.54) is 0 Å². The van der Waals surface area contributed by atoms with Crippen LogP contribution in [0.1, 0.15) is 34.0 Å². The molecule has 7 heteroatoms. The Bertz CT molecular complexity index is 1170. The molecule has 3 heterocycles. The highest BCUT2D eigenvalue weighted by atomic mass is 35.5. The van der Waals surface area contributed by atoms with E-state index >= 15 is 0 Å². The summed E-state index contributed by atoms with van der Waals surface area (Å²) in [5.41, 5.74) is 3.73. The van der Waals surface area contributed by atoms with Gasteiger partial charge in [-0.2, -0.15) is 5.10 Å². The molecule has 0 radical (unpaired) electrons. The first kappa shape index (κ1) is 21.7. The van der Waals surface area contributed by atoms with Crippen molar-refractivity contribution in [3.8, 4) is 0 Å². The quantitative estimate of drug-likeness (QED) is 0.327. The van der Waals surface area contributed by atoms with Crippen LogP contribution in [0.15, 0.2) is 76.0 Å². The average molecular weight is 450 g/mol. The molecule has 4 rings (SSSR count). The number of carbonyl (C=O) groups is 1. The van der Waals surface area contributed by atoms with Crippen LogP contribution in [0.25, 0.3) is 6.08 Å². The molecule has 3 aromatic heterocycles. The van der Waals surface area contributed by atoms with E-state index in [-0.39, 0.29) is 5.91 Å². The maximum atomic E-state index is 13.0. The summed E-state index contributed by atoms with van der Waals surface area (Å²) in [5, 5.41) is 5.35. The van der Waals surface area contributed by atoms with Crippen LogP contribution in [0.3, 0.4) is 0 Å². The molecule has 1 amide bonds. The minimum Gasteiger partial charge on any atom is -0.467 e. The van der Waals surface area contributed by atoms with Crippen LogP contribution in [0, 0.1) is 13.8 Å². The third-order valence-electron chi connectivity index (χ3n) is 5.27. The number of carbonyl (C=O) groups excluding carboxylic acids is 1. The molecule has 6 nitrogen and oxygen atoms in total. The number of furan rings is 2. The fourth-order valence-corrected chi connectivity index (χ4v) is 3.74. The minimum absolute atomic E-state index is 0.143. The largest absolute Gasteiger partial charge is 0.467 e. The lowest BCUT2D eigenvalue weighted by Gasteiger charge is -2.18. The maximum absolute atomic E-state index is 13.0. The van der Waals surface area contributed by atoms with Crippen LogP contribution in [0.5, 0.6) is 0 Å². The van der Waals surface area contributed by atoms with Gasteiger partial charge in [-0.25, -0.2) is 0 Å². The van der Waals surface area contributed by atoms with Crippen LogP contribution in [-0.2, 0) is 24.4 Å². The first-order chi connectivity index (χ1) is 15.5. The Hall–Kier alpha value is -3.51. The Kier molecular flexibility index (Phi) is 6.61. The Morgan fingerprint density at radius 2 is 1.69 bits per heavy atom. The monoisotopic (exact) mass is 449 g/mol. The summed E-state index contributed by atoms with van der Waals surface area (Å²) < 4.78 is 12.8. The number of aryl methyl sites for hydroxylation is 1. The molecular weight excluding hydrogens is 426 g/mol. The van der Waals surface area contributed by atoms with Gasteiger partial charge in [0.2, 0.25) is 5.91 Å². The summed E-state index contributed by atoms with van der Waals surface area (Å²) in [7, 11) is 0. The first-order valence-electron chi connectivity index (χ1n) is 10.3. The van der Waals surface area contributed by atoms with E-state index in [0.717, 1.165) is 22.5 Å². The molecule has 164 valence electrons. The Morgan fingerprint density at radius 1 is 1.03 bits per heavy atom. The van der Waals surface area contributed by atoms with Gasteiger partial charge in [0.25, 0.3) is 0 Å². The number of aromatic nitrogens is 2. The smallest absolute Gasteiger partial charge is 0.247 e. The number of rotatable bonds is 8. The van der Waals surface area contributed by atoms with Gasteiger partial charge in [-0.1, -0.05) is 29.8 Å². The number of benzene rings is 1. The number of hydrogen-bond acceptors (Lipinski definition) is 4. The van der Waals surface area contributed by atoms with Crippen molar-refractivity contribution in [2.75, 3.05) is 0 Å². The standard InChI is InChI=1S/C25H24ClN3O3/c1-18-23(19(2)29(27-18)15-20-7-3-4-10-24(20)26)11-12-25(30)28(16-21-8-5-13-31-21)17-22-9-6-14-32-22/h3-14H,15-17H2,1-2H3/b12-11+. The van der Waals surface area contributed by atoms with Crippen LogP contribution in [0.4, 0.5) is 0 Å². The first-order valence-corrected chi connectivity index (χ1v) is 10.7. The van der Waals surface area contributed by atoms with Crippen molar-refractivity contribution in [2.24, 2.45) is 0 Å². The third-order valence-corrected chi connectivity index (χ3v) is 5.64. The van der Waals surface area contributed by atoms with E-state index in [2.05, 4.69) is 5.10 Å². The molecule has 1 aromatic carbocycles. The van der Waals surface area contributed by atoms with Crippen molar-refractivity contribution in [3.63, 3.8) is 0 Å². The van der Waals surface area contributed by atoms with E-state index in [0.29, 0.717) is 36.2 Å². The van der Waals surface area contributed by atoms with Gasteiger partial charge in [-0.15, -0.1) is 0 Å². The zero-order chi connectivity index (χ0) is 22.5. The predicted octanol–water partition coefficient (Wildman–Crippen LogP) is 5.63. The van der Waals surface area contributed by atoms with E-state index in [1.807, 2.05) is 61.0 Å². The van der Waals surface area contributed by atoms with E-state index in [9.17, 15) is 4.79 Å². The lowest BCUT2D eigenvalue weighted by molar-refractivity contribution is -0.127. The summed E-state index contributed by atoms with van der Waals surface area (Å²) in [6.07, 6.45) is 6.59. The SMILES string of the molecule is Cc1nn(Cc2ccccc2Cl)c(C)c1/C=C/C(=O)N(Cc1ccco1)Cc1ccco1. The van der Waals surface area contributed by atoms with Gasteiger partial charge in [0.1, 0.15) is 11.5 Å². The minimum atomic E-state index is -0.143. The highest BCUT2D eigenvalue weighted by Crippen LogP contribution is 2.21. The molecule has 4 aromatic rings. The van der Waals surface area contributed by atoms with Gasteiger partial charge in [-0.05, 0) is 55.8 Å². The Labute approximate surface area is 191 Å². The molecule has 0 aliphatic carbocycles. The number of amides is 1. The van der Waals surface area contributed by atoms with Crippen molar-refractivity contribution in [2.45, 2.75) is 33.5 Å². The third kappa shape index (κ3) is 5.03. The molecule has 0 bridgehead atoms. The van der Waals surface area contributed by atoms with Crippen LogP contribution in [-0.4, -0.2) is 20.6 Å². The topological polar surface area (TPSA) is 64.4 Å². The van der Waals surface area contributed by atoms with E-state index in [1.54, 1.807) is 35.6 Å². The number of hydrogen-bond donors (Lipinski definition) is 0. The molecule has 0 fully saturated rings. The van der Waals surface area contributed by atoms with Crippen molar-refractivity contribution in [1.29, 1.82) is 0 Å². The maximum Gasteiger partial charge on any atom is 0.247 e. The molecule has 0 spiro atoms. The van der Waals surface area contributed by atoms with Gasteiger partial charge < -0.3 is 13.7 Å². The van der Waals surface area contributed by atoms with Gasteiger partial charge in [0.15, 0.2) is 0 Å². The van der Waals surface area contributed by atoms with E-state index in [4.69, 9.17) is 20.4 Å². The zero-order valence-corrected chi connectivity index (χ0v) is 18.7. The van der Waals surface area contributed by atoms with Crippen molar-refractivity contribution in [1.82, 2.24) is 14.7 Å². The second kappa shape index (κ2) is 9.75. The average Bonchev–Trinajstić information content (AvgIpc) is 3.52. The molecule has 0 atom stereocenters. The summed E-state index contributed by atoms with van der Waals surface area (Å²) in [6.45, 7) is 5.19. The van der Waals surface area contributed by atoms with Crippen LogP contribution < -0.4 is 0 Å². The second-order valence-corrected chi connectivity index (χ2v) is 7.93. The highest BCUT2D eigenvalue weighted by molar-refractivity contribution is 6.31. The van der Waals surface area contributed by atoms with Crippen LogP contribution in [0.2, 0.25) is 5.02 Å². The second-order valence-electron chi connectivity index (χ2n) is 7.52. The summed E-state index contributed by atoms with van der Waals surface area (Å²) in [5.74, 6) is 1.27. The summed E-state index contributed by atoms with van der Waals surface area (Å²) in [4.78, 5) is 14.7. The van der Waals surface area contributed by atoms with Crippen molar-refractivity contribution >= 4 is 23.6 Å². The molecule has 0 unspecified atom stereocenters. The lowest BCUT2D eigenvalue weighted by atomic mass is 10.1. The Morgan fingerprint density at radius 3 is 2.28 bits per heavy atom. The predicted molar refractivity (Wildman–Crippen MR) is 123 cm³/mol. The molecule has 0 N–H and O–H groups in total. The number of halogens is 1. The molecule has 32 heavy (non-hydrogen) atoms. The molecule has 0 saturated carbocycles. The zero-order valence-electron chi connectivity index (χ0n) is 18.0. The van der Waals surface area contributed by atoms with Gasteiger partial charge in [0, 0.05) is 22.4 Å². The van der Waals surface area contributed by atoms with Gasteiger partial charge in [0.05, 0.1) is 37.9 Å². The molecule has 0 saturated heterocycles. The Balaban J connectivity index is 1.53. The van der Waals surface area contributed by atoms with Crippen molar-refractivity contribution in [3.05, 3.63) is 106 Å². The van der Waals surface area contributed by atoms with Crippen LogP contribution >= 0.6 is 11.6 Å². The number of nitrogens with zero attached hydrogens (tertiary/aromatic N) is 3. The fraction of sp³-hybridized carbons (Fsp3) is 0.200. The normalized spacial score (nSPS) is 11.3.